The number of carbonyl (C=O) groups excluding carboxylic acids is 1. The van der Waals surface area contributed by atoms with Crippen LogP contribution in [0.2, 0.25) is 0 Å². The number of hydrogen-bond acceptors (Lipinski definition) is 4. The summed E-state index contributed by atoms with van der Waals surface area (Å²) < 4.78 is 2.26. The summed E-state index contributed by atoms with van der Waals surface area (Å²) in [6, 6.07) is 8.13. The van der Waals surface area contributed by atoms with E-state index in [1.54, 1.807) is 0 Å². The van der Waals surface area contributed by atoms with Crippen molar-refractivity contribution in [3.63, 3.8) is 0 Å². The number of anilines is 1. The van der Waals surface area contributed by atoms with Crippen molar-refractivity contribution in [3.8, 4) is 11.3 Å². The van der Waals surface area contributed by atoms with Crippen LogP contribution in [0.3, 0.4) is 0 Å². The Kier molecular flexibility index (Phi) is 5.27. The summed E-state index contributed by atoms with van der Waals surface area (Å²) in [6.07, 6.45) is 7.50. The minimum atomic E-state index is -0.197. The van der Waals surface area contributed by atoms with Gasteiger partial charge >= 0.3 is 0 Å². The van der Waals surface area contributed by atoms with E-state index in [0.29, 0.717) is 12.0 Å². The van der Waals surface area contributed by atoms with E-state index in [4.69, 9.17) is 4.98 Å². The smallest absolute Gasteiger partial charge is 0.242 e. The minimum absolute atomic E-state index is 0.00930. The molecule has 0 aliphatic carbocycles. The number of amides is 1. The van der Waals surface area contributed by atoms with Crippen molar-refractivity contribution in [2.75, 3.05) is 5.32 Å². The lowest BCUT2D eigenvalue weighted by molar-refractivity contribution is -0.117. The second-order valence-electron chi connectivity index (χ2n) is 8.17. The average Bonchev–Trinajstić information content (AvgIpc) is 3.28. The predicted octanol–water partition coefficient (Wildman–Crippen LogP) is 3.11. The number of aryl methyl sites for hydroxylation is 2. The van der Waals surface area contributed by atoms with Crippen molar-refractivity contribution in [2.24, 2.45) is 5.92 Å². The Hall–Kier alpha value is -2.18. The molecular weight excluding hydrogens is 338 g/mol. The van der Waals surface area contributed by atoms with E-state index in [0.717, 1.165) is 42.8 Å². The largest absolute Gasteiger partial charge is 0.334 e. The normalized spacial score (nSPS) is 22.0. The summed E-state index contributed by atoms with van der Waals surface area (Å²) in [4.78, 5) is 17.4. The fraction of sp³-hybridized carbons (Fsp3) is 0.524. The third-order valence-corrected chi connectivity index (χ3v) is 5.39. The van der Waals surface area contributed by atoms with Crippen LogP contribution in [0.5, 0.6) is 0 Å². The van der Waals surface area contributed by atoms with E-state index in [1.165, 1.54) is 18.7 Å². The van der Waals surface area contributed by atoms with Gasteiger partial charge in [0.1, 0.15) is 11.9 Å². The number of fused-ring (bicyclic) bond motifs is 1. The fourth-order valence-electron chi connectivity index (χ4n) is 4.05. The lowest BCUT2D eigenvalue weighted by Crippen LogP contribution is -2.40. The van der Waals surface area contributed by atoms with Crippen molar-refractivity contribution >= 4 is 11.6 Å². The highest BCUT2D eigenvalue weighted by Crippen LogP contribution is 2.25. The van der Waals surface area contributed by atoms with E-state index in [2.05, 4.69) is 46.8 Å². The van der Waals surface area contributed by atoms with Crippen LogP contribution in [-0.4, -0.2) is 27.5 Å². The molecule has 1 aromatic heterocycles. The standard InChI is InChI=1S/C21H29N5O/c1-14(2)10-17-12-18(25-24-17)21(27)22-16-7-5-6-15(11-16)19-13-26-9-4-3-8-20(26)23-19/h5-7,11,13-14,17-18,24-25H,3-4,8-10,12H2,1-2H3,(H,22,27). The van der Waals surface area contributed by atoms with Crippen molar-refractivity contribution in [3.05, 3.63) is 36.3 Å². The van der Waals surface area contributed by atoms with E-state index >= 15 is 0 Å². The Bertz CT molecular complexity index is 789. The highest BCUT2D eigenvalue weighted by Gasteiger charge is 2.29. The molecule has 0 radical (unpaired) electrons. The van der Waals surface area contributed by atoms with Gasteiger partial charge in [-0.15, -0.1) is 0 Å². The van der Waals surface area contributed by atoms with Gasteiger partial charge in [0, 0.05) is 36.5 Å². The third-order valence-electron chi connectivity index (χ3n) is 5.39. The molecule has 27 heavy (non-hydrogen) atoms. The van der Waals surface area contributed by atoms with Gasteiger partial charge in [-0.1, -0.05) is 26.0 Å². The molecule has 2 unspecified atom stereocenters. The Morgan fingerprint density at radius 3 is 3.04 bits per heavy atom. The SMILES string of the molecule is CC(C)CC1CC(C(=O)Nc2cccc(-c3cn4c(n3)CCCC4)c2)NN1. The highest BCUT2D eigenvalue weighted by molar-refractivity contribution is 5.95. The number of rotatable bonds is 5. The zero-order valence-electron chi connectivity index (χ0n) is 16.2. The first-order chi connectivity index (χ1) is 13.1. The van der Waals surface area contributed by atoms with Crippen LogP contribution in [0.15, 0.2) is 30.5 Å². The van der Waals surface area contributed by atoms with Crippen LogP contribution in [-0.2, 0) is 17.8 Å². The zero-order valence-corrected chi connectivity index (χ0v) is 16.2. The van der Waals surface area contributed by atoms with Gasteiger partial charge in [-0.25, -0.2) is 10.4 Å². The number of nitrogens with one attached hydrogen (secondary N) is 3. The van der Waals surface area contributed by atoms with Gasteiger partial charge in [-0.3, -0.25) is 10.2 Å². The molecule has 1 fully saturated rings. The Balaban J connectivity index is 1.42. The topological polar surface area (TPSA) is 71.0 Å². The van der Waals surface area contributed by atoms with Gasteiger partial charge in [0.25, 0.3) is 0 Å². The van der Waals surface area contributed by atoms with E-state index in [9.17, 15) is 4.79 Å². The molecule has 2 aromatic rings. The van der Waals surface area contributed by atoms with Crippen molar-refractivity contribution in [2.45, 2.75) is 64.6 Å². The molecule has 2 atom stereocenters. The summed E-state index contributed by atoms with van der Waals surface area (Å²) >= 11 is 0. The molecule has 1 saturated heterocycles. The molecule has 144 valence electrons. The Morgan fingerprint density at radius 2 is 2.22 bits per heavy atom. The molecule has 3 heterocycles. The maximum atomic E-state index is 12.6. The summed E-state index contributed by atoms with van der Waals surface area (Å²) in [7, 11) is 0. The average molecular weight is 367 g/mol. The minimum Gasteiger partial charge on any atom is -0.334 e. The summed E-state index contributed by atoms with van der Waals surface area (Å²) in [5.41, 5.74) is 9.23. The molecule has 0 saturated carbocycles. The lowest BCUT2D eigenvalue weighted by atomic mass is 10.00. The number of benzene rings is 1. The Labute approximate surface area is 160 Å². The van der Waals surface area contributed by atoms with Crippen LogP contribution >= 0.6 is 0 Å². The molecule has 2 aliphatic heterocycles. The van der Waals surface area contributed by atoms with E-state index in [1.807, 2.05) is 18.2 Å². The van der Waals surface area contributed by atoms with Crippen molar-refractivity contribution in [1.82, 2.24) is 20.4 Å². The molecule has 6 heteroatoms. The van der Waals surface area contributed by atoms with Crippen LogP contribution in [0.25, 0.3) is 11.3 Å². The zero-order chi connectivity index (χ0) is 18.8. The van der Waals surface area contributed by atoms with Crippen molar-refractivity contribution < 1.29 is 4.79 Å². The van der Waals surface area contributed by atoms with Gasteiger partial charge < -0.3 is 9.88 Å². The number of hydrazine groups is 1. The summed E-state index contributed by atoms with van der Waals surface area (Å²) in [5.74, 6) is 1.79. The maximum absolute atomic E-state index is 12.6. The van der Waals surface area contributed by atoms with Crippen LogP contribution in [0, 0.1) is 5.92 Å². The molecule has 3 N–H and O–H groups in total. The summed E-state index contributed by atoms with van der Waals surface area (Å²) in [6.45, 7) is 5.46. The molecule has 0 bridgehead atoms. The molecule has 2 aliphatic rings. The van der Waals surface area contributed by atoms with Crippen LogP contribution in [0.4, 0.5) is 5.69 Å². The molecule has 1 aromatic carbocycles. The van der Waals surface area contributed by atoms with Gasteiger partial charge in [0.05, 0.1) is 5.69 Å². The quantitative estimate of drug-likeness (QED) is 0.759. The number of carbonyl (C=O) groups is 1. The van der Waals surface area contributed by atoms with Crippen molar-refractivity contribution in [1.29, 1.82) is 0 Å². The molecular formula is C21H29N5O. The maximum Gasteiger partial charge on any atom is 0.242 e. The highest BCUT2D eigenvalue weighted by atomic mass is 16.2. The number of hydrogen-bond donors (Lipinski definition) is 3. The molecule has 1 amide bonds. The van der Waals surface area contributed by atoms with Gasteiger partial charge in [0.2, 0.25) is 5.91 Å². The molecule has 4 rings (SSSR count). The number of imidazole rings is 1. The van der Waals surface area contributed by atoms with Gasteiger partial charge in [0.15, 0.2) is 0 Å². The fourth-order valence-corrected chi connectivity index (χ4v) is 4.05. The lowest BCUT2D eigenvalue weighted by Gasteiger charge is -2.12. The number of nitrogens with zero attached hydrogens (tertiary/aromatic N) is 2. The molecule has 0 spiro atoms. The summed E-state index contributed by atoms with van der Waals surface area (Å²) in [5, 5.41) is 3.05. The monoisotopic (exact) mass is 367 g/mol. The predicted molar refractivity (Wildman–Crippen MR) is 107 cm³/mol. The molecule has 6 nitrogen and oxygen atoms in total. The van der Waals surface area contributed by atoms with Crippen LogP contribution in [0.1, 0.15) is 45.4 Å². The first-order valence-corrected chi connectivity index (χ1v) is 10.1. The number of aromatic nitrogens is 2. The third kappa shape index (κ3) is 4.22. The van der Waals surface area contributed by atoms with Gasteiger partial charge in [-0.05, 0) is 43.7 Å². The van der Waals surface area contributed by atoms with E-state index in [-0.39, 0.29) is 11.9 Å². The first kappa shape index (κ1) is 18.2. The van der Waals surface area contributed by atoms with Crippen LogP contribution < -0.4 is 16.2 Å². The van der Waals surface area contributed by atoms with Gasteiger partial charge in [-0.2, -0.15) is 0 Å². The Morgan fingerprint density at radius 1 is 1.33 bits per heavy atom. The second-order valence-corrected chi connectivity index (χ2v) is 8.17. The first-order valence-electron chi connectivity index (χ1n) is 10.1. The second kappa shape index (κ2) is 7.82. The van der Waals surface area contributed by atoms with E-state index < -0.39 is 0 Å².